The largest absolute Gasteiger partial charge is 0.467 e. The Bertz CT molecular complexity index is 2520. The molecular weight excluding hydrogens is 886 g/mol. The first-order valence-electron chi connectivity index (χ1n) is 24.3. The van der Waals surface area contributed by atoms with E-state index in [0.29, 0.717) is 42.9 Å². The van der Waals surface area contributed by atoms with Gasteiger partial charge in [0.1, 0.15) is 18.0 Å². The lowest BCUT2D eigenvalue weighted by Crippen LogP contribution is -2.54. The van der Waals surface area contributed by atoms with Crippen LogP contribution in [0.4, 0.5) is 5.69 Å². The maximum atomic E-state index is 13.7. The Kier molecular flexibility index (Phi) is 15.9. The quantitative estimate of drug-likeness (QED) is 0.0362. The molecule has 5 heterocycles. The lowest BCUT2D eigenvalue weighted by molar-refractivity contribution is -0.154. The molecular formula is C52H62ClN7O8. The highest BCUT2D eigenvalue weighted by Crippen LogP contribution is 2.42. The summed E-state index contributed by atoms with van der Waals surface area (Å²) >= 11 is 6.11. The van der Waals surface area contributed by atoms with Crippen LogP contribution in [0.5, 0.6) is 0 Å². The number of anilines is 1. The molecule has 6 amide bonds. The van der Waals surface area contributed by atoms with E-state index in [-0.39, 0.29) is 36.1 Å². The lowest BCUT2D eigenvalue weighted by atomic mass is 9.87. The molecule has 1 unspecified atom stereocenters. The number of imide groups is 2. The molecule has 2 fully saturated rings. The molecule has 16 heteroatoms. The SMILES string of the molecule is COC(=O)[C@H]1Cc2c([nH]c3ccccc23)[C@H](c2ccc(C(=O)N3CCN(CCCCCCCCCCCCCNc4cccc5c4C(=O)N(C4CCC(=O)NC4=O)C5=O)CC3)cc2)N1C(=O)CCl. The number of methoxy groups -OCH3 is 1. The van der Waals surface area contributed by atoms with Gasteiger partial charge >= 0.3 is 5.97 Å². The van der Waals surface area contributed by atoms with E-state index in [1.165, 1.54) is 57.0 Å². The van der Waals surface area contributed by atoms with Crippen molar-refractivity contribution in [3.63, 3.8) is 0 Å². The van der Waals surface area contributed by atoms with Gasteiger partial charge in [-0.25, -0.2) is 4.79 Å². The number of nitrogens with zero attached hydrogens (tertiary/aromatic N) is 4. The van der Waals surface area contributed by atoms with Crippen LogP contribution in [-0.2, 0) is 30.3 Å². The normalized spacial score (nSPS) is 19.6. The molecule has 360 valence electrons. The van der Waals surface area contributed by atoms with E-state index in [1.54, 1.807) is 18.2 Å². The van der Waals surface area contributed by atoms with E-state index in [9.17, 15) is 33.6 Å². The van der Waals surface area contributed by atoms with E-state index >= 15 is 0 Å². The highest BCUT2D eigenvalue weighted by molar-refractivity contribution is 6.27. The Balaban J connectivity index is 0.691. The smallest absolute Gasteiger partial charge is 0.328 e. The van der Waals surface area contributed by atoms with Crippen LogP contribution in [0.2, 0.25) is 0 Å². The van der Waals surface area contributed by atoms with Crippen LogP contribution in [0.15, 0.2) is 66.7 Å². The van der Waals surface area contributed by atoms with Gasteiger partial charge in [-0.2, -0.15) is 0 Å². The molecule has 15 nitrogen and oxygen atoms in total. The standard InChI is InChI=1S/C52H62ClN7O8/c1-68-52(67)42-32-38-36-16-11-12-18-39(36)55-46(38)47(59(42)44(62)33-53)34-20-22-35(23-21-34)49(64)58-30-28-57(29-31-58)27-14-10-8-6-4-2-3-5-7-9-13-26-54-40-19-15-17-37-45(40)51(66)60(50(37)65)41-24-25-43(61)56-48(41)63/h11-12,15-23,41-42,47,54-55H,2-10,13-14,24-33H2,1H3,(H,56,61,63)/t41?,42-,47+/m1/s1. The van der Waals surface area contributed by atoms with E-state index in [4.69, 9.17) is 16.3 Å². The van der Waals surface area contributed by atoms with E-state index in [0.717, 1.165) is 77.9 Å². The number of halogens is 1. The van der Waals surface area contributed by atoms with Gasteiger partial charge in [0.2, 0.25) is 17.7 Å². The number of H-pyrrole nitrogens is 1. The number of carbonyl (C=O) groups excluding carboxylic acids is 7. The summed E-state index contributed by atoms with van der Waals surface area (Å²) in [5, 5.41) is 6.57. The van der Waals surface area contributed by atoms with Crippen molar-refractivity contribution in [3.05, 3.63) is 100 Å². The summed E-state index contributed by atoms with van der Waals surface area (Å²) < 4.78 is 5.16. The zero-order valence-corrected chi connectivity index (χ0v) is 39.6. The fraction of sp³-hybridized carbons (Fsp3) is 0.481. The molecule has 68 heavy (non-hydrogen) atoms. The Morgan fingerprint density at radius 1 is 0.779 bits per heavy atom. The zero-order chi connectivity index (χ0) is 47.7. The molecule has 4 aliphatic heterocycles. The molecule has 2 saturated heterocycles. The number of carbonyl (C=O) groups is 7. The number of unbranched alkanes of at least 4 members (excludes halogenated alkanes) is 10. The number of hydrogen-bond donors (Lipinski definition) is 3. The van der Waals surface area contributed by atoms with Crippen molar-refractivity contribution in [2.75, 3.05) is 57.6 Å². The van der Waals surface area contributed by atoms with Gasteiger partial charge in [0.25, 0.3) is 17.7 Å². The van der Waals surface area contributed by atoms with Gasteiger partial charge in [-0.3, -0.25) is 43.9 Å². The molecule has 0 bridgehead atoms. The number of piperidine rings is 1. The number of esters is 1. The molecule has 1 aromatic heterocycles. The second-order valence-electron chi connectivity index (χ2n) is 18.4. The van der Waals surface area contributed by atoms with Gasteiger partial charge in [0.15, 0.2) is 0 Å². The number of piperazine rings is 1. The number of rotatable bonds is 20. The van der Waals surface area contributed by atoms with Crippen LogP contribution in [0.3, 0.4) is 0 Å². The van der Waals surface area contributed by atoms with Crippen molar-refractivity contribution in [3.8, 4) is 0 Å². The summed E-state index contributed by atoms with van der Waals surface area (Å²) in [6.45, 7) is 4.74. The summed E-state index contributed by atoms with van der Waals surface area (Å²) in [7, 11) is 1.32. The second kappa shape index (κ2) is 22.4. The van der Waals surface area contributed by atoms with Crippen LogP contribution < -0.4 is 10.6 Å². The van der Waals surface area contributed by atoms with E-state index in [2.05, 4.69) is 20.5 Å². The second-order valence-corrected chi connectivity index (χ2v) is 18.7. The zero-order valence-electron chi connectivity index (χ0n) is 38.9. The number of amides is 6. The maximum Gasteiger partial charge on any atom is 0.328 e. The molecule has 4 aliphatic rings. The van der Waals surface area contributed by atoms with E-state index in [1.807, 2.05) is 53.4 Å². The summed E-state index contributed by atoms with van der Waals surface area (Å²) in [4.78, 5) is 101. The average molecular weight is 949 g/mol. The molecule has 3 atom stereocenters. The Morgan fingerprint density at radius 3 is 2.13 bits per heavy atom. The highest BCUT2D eigenvalue weighted by Gasteiger charge is 2.46. The minimum atomic E-state index is -0.976. The summed E-state index contributed by atoms with van der Waals surface area (Å²) in [5.74, 6) is -3.18. The molecule has 3 N–H and O–H groups in total. The first-order valence-corrected chi connectivity index (χ1v) is 24.9. The molecule has 0 radical (unpaired) electrons. The summed E-state index contributed by atoms with van der Waals surface area (Å²) in [6.07, 6.45) is 13.4. The number of aromatic amines is 1. The number of hydrogen-bond acceptors (Lipinski definition) is 10. The highest BCUT2D eigenvalue weighted by atomic mass is 35.5. The number of nitrogens with one attached hydrogen (secondary N) is 3. The van der Waals surface area contributed by atoms with Crippen LogP contribution in [0.1, 0.15) is 137 Å². The Morgan fingerprint density at radius 2 is 1.46 bits per heavy atom. The van der Waals surface area contributed by atoms with Crippen molar-refractivity contribution >= 4 is 69.6 Å². The monoisotopic (exact) mass is 947 g/mol. The minimum Gasteiger partial charge on any atom is -0.467 e. The van der Waals surface area contributed by atoms with Crippen LogP contribution in [0, 0.1) is 0 Å². The van der Waals surface area contributed by atoms with Gasteiger partial charge in [-0.05, 0) is 67.3 Å². The number of benzene rings is 3. The molecule has 8 rings (SSSR count). The van der Waals surface area contributed by atoms with Crippen LogP contribution >= 0.6 is 11.6 Å². The van der Waals surface area contributed by atoms with Gasteiger partial charge in [0.05, 0.1) is 24.3 Å². The number of para-hydroxylation sites is 1. The van der Waals surface area contributed by atoms with Gasteiger partial charge < -0.3 is 24.8 Å². The van der Waals surface area contributed by atoms with Gasteiger partial charge in [-0.1, -0.05) is 94.2 Å². The maximum absolute atomic E-state index is 13.7. The van der Waals surface area contributed by atoms with Crippen molar-refractivity contribution < 1.29 is 38.3 Å². The van der Waals surface area contributed by atoms with Gasteiger partial charge in [-0.15, -0.1) is 11.6 Å². The first kappa shape index (κ1) is 48.4. The van der Waals surface area contributed by atoms with Crippen LogP contribution in [0.25, 0.3) is 10.9 Å². The molecule has 4 aromatic rings. The molecule has 0 spiro atoms. The van der Waals surface area contributed by atoms with Crippen molar-refractivity contribution in [2.24, 2.45) is 0 Å². The van der Waals surface area contributed by atoms with Crippen LogP contribution in [-0.4, -0.2) is 130 Å². The minimum absolute atomic E-state index is 0.0173. The topological polar surface area (TPSA) is 182 Å². The predicted molar refractivity (Wildman–Crippen MR) is 258 cm³/mol. The number of alkyl halides is 1. The number of aromatic nitrogens is 1. The lowest BCUT2D eigenvalue weighted by Gasteiger charge is -2.40. The van der Waals surface area contributed by atoms with E-state index < -0.39 is 47.7 Å². The Labute approximate surface area is 402 Å². The van der Waals surface area contributed by atoms with Crippen molar-refractivity contribution in [1.29, 1.82) is 0 Å². The molecule has 0 saturated carbocycles. The predicted octanol–water partition coefficient (Wildman–Crippen LogP) is 6.98. The summed E-state index contributed by atoms with van der Waals surface area (Å²) in [6, 6.07) is 18.0. The fourth-order valence-electron chi connectivity index (χ4n) is 10.4. The van der Waals surface area contributed by atoms with Crippen molar-refractivity contribution in [2.45, 2.75) is 108 Å². The first-order chi connectivity index (χ1) is 33.1. The van der Waals surface area contributed by atoms with Crippen molar-refractivity contribution in [1.82, 2.24) is 29.9 Å². The Hall–Kier alpha value is -6.06. The summed E-state index contributed by atoms with van der Waals surface area (Å²) in [5.41, 5.74) is 5.23. The number of ether oxygens (including phenoxy) is 1. The fourth-order valence-corrected chi connectivity index (χ4v) is 10.6. The third-order valence-electron chi connectivity index (χ3n) is 14.1. The molecule has 3 aromatic carbocycles. The van der Waals surface area contributed by atoms with Gasteiger partial charge in [0, 0.05) is 73.4 Å². The third kappa shape index (κ3) is 10.5. The third-order valence-corrected chi connectivity index (χ3v) is 14.3. The molecule has 0 aliphatic carbocycles. The number of fused-ring (bicyclic) bond motifs is 4. The average Bonchev–Trinajstić information content (AvgIpc) is 3.86.